The molecule has 27 heavy (non-hydrogen) atoms. The SMILES string of the molecule is BrC1c2ccccc2[C@@]2(Br)c3ccccc3[C@]3(Br)c4ccccc4C(Br)C123. The highest BCUT2D eigenvalue weighted by Crippen LogP contribution is 2.87. The topological polar surface area (TPSA) is 0 Å². The van der Waals surface area contributed by atoms with Gasteiger partial charge in [-0.25, -0.2) is 0 Å². The van der Waals surface area contributed by atoms with Crippen molar-refractivity contribution in [1.82, 2.24) is 0 Å². The molecule has 0 bridgehead atoms. The monoisotopic (exact) mass is 606 g/mol. The Bertz CT molecular complexity index is 1030. The molecule has 6 rings (SSSR count). The van der Waals surface area contributed by atoms with Gasteiger partial charge in [0.05, 0.1) is 23.7 Å². The molecule has 4 heteroatoms. The van der Waals surface area contributed by atoms with Gasteiger partial charge in [0.25, 0.3) is 0 Å². The first-order valence-electron chi connectivity index (χ1n) is 8.95. The fraction of sp³-hybridized carbons (Fsp3) is 0.217. The molecule has 0 nitrogen and oxygen atoms in total. The predicted molar refractivity (Wildman–Crippen MR) is 125 cm³/mol. The van der Waals surface area contributed by atoms with Crippen molar-refractivity contribution in [2.75, 3.05) is 0 Å². The number of halogens is 4. The van der Waals surface area contributed by atoms with Gasteiger partial charge >= 0.3 is 0 Å². The van der Waals surface area contributed by atoms with E-state index in [9.17, 15) is 0 Å². The van der Waals surface area contributed by atoms with Crippen LogP contribution in [0.1, 0.15) is 43.0 Å². The molecule has 0 heterocycles. The van der Waals surface area contributed by atoms with Gasteiger partial charge in [-0.05, 0) is 33.4 Å². The zero-order valence-electron chi connectivity index (χ0n) is 14.1. The van der Waals surface area contributed by atoms with Crippen LogP contribution in [0.5, 0.6) is 0 Å². The van der Waals surface area contributed by atoms with Crippen LogP contribution < -0.4 is 0 Å². The van der Waals surface area contributed by atoms with Crippen LogP contribution in [0.25, 0.3) is 0 Å². The van der Waals surface area contributed by atoms with Gasteiger partial charge in [0, 0.05) is 0 Å². The molecule has 134 valence electrons. The van der Waals surface area contributed by atoms with Gasteiger partial charge in [-0.1, -0.05) is 137 Å². The smallest absolute Gasteiger partial charge is 0.0830 e. The summed E-state index contributed by atoms with van der Waals surface area (Å²) in [6.07, 6.45) is 0. The van der Waals surface area contributed by atoms with Crippen molar-refractivity contribution in [3.8, 4) is 0 Å². The molecule has 2 unspecified atom stereocenters. The van der Waals surface area contributed by atoms with Crippen molar-refractivity contribution < 1.29 is 0 Å². The minimum atomic E-state index is -0.294. The minimum absolute atomic E-state index is 0.184. The molecule has 3 aromatic rings. The standard InChI is InChI=1S/C23H14Br4/c24-19-13-7-1-3-9-15(13)22(26)17-11-5-6-12-18(17)23(27)16-10-4-2-8-14(16)20(25)21(19,22)23/h1-12,19-20H/t19?,20?,21?,22-,23-/m1/s1. The van der Waals surface area contributed by atoms with E-state index in [1.54, 1.807) is 0 Å². The van der Waals surface area contributed by atoms with E-state index >= 15 is 0 Å². The Hall–Kier alpha value is -0.420. The summed E-state index contributed by atoms with van der Waals surface area (Å²) in [5, 5.41) is 0. The van der Waals surface area contributed by atoms with Crippen molar-refractivity contribution in [3.05, 3.63) is 106 Å². The molecule has 4 atom stereocenters. The fourth-order valence-electron chi connectivity index (χ4n) is 5.88. The molecular weight excluding hydrogens is 596 g/mol. The van der Waals surface area contributed by atoms with Gasteiger partial charge in [-0.15, -0.1) is 0 Å². The Kier molecular flexibility index (Phi) is 3.48. The van der Waals surface area contributed by atoms with Gasteiger partial charge < -0.3 is 0 Å². The number of benzene rings is 3. The average Bonchev–Trinajstić information content (AvgIpc) is 3.14. The summed E-state index contributed by atoms with van der Waals surface area (Å²) in [4.78, 5) is 0.369. The molecule has 0 amide bonds. The van der Waals surface area contributed by atoms with Crippen LogP contribution in [-0.2, 0) is 8.65 Å². The third-order valence-corrected chi connectivity index (χ3v) is 12.3. The molecule has 1 spiro atoms. The molecule has 0 aliphatic heterocycles. The average molecular weight is 610 g/mol. The third kappa shape index (κ3) is 1.59. The first-order chi connectivity index (χ1) is 13.0. The molecule has 3 aliphatic carbocycles. The third-order valence-electron chi connectivity index (χ3n) is 6.82. The zero-order valence-corrected chi connectivity index (χ0v) is 20.4. The normalized spacial score (nSPS) is 37.3. The van der Waals surface area contributed by atoms with Crippen molar-refractivity contribution in [3.63, 3.8) is 0 Å². The Balaban J connectivity index is 1.85. The lowest BCUT2D eigenvalue weighted by atomic mass is 9.70. The summed E-state index contributed by atoms with van der Waals surface area (Å²) in [5.74, 6) is 0. The number of fused-ring (bicyclic) bond motifs is 7. The van der Waals surface area contributed by atoms with Crippen molar-refractivity contribution >= 4 is 63.7 Å². The minimum Gasteiger partial charge on any atom is -0.0830 e. The van der Waals surface area contributed by atoms with Crippen LogP contribution >= 0.6 is 63.7 Å². The molecule has 0 saturated carbocycles. The van der Waals surface area contributed by atoms with E-state index in [4.69, 9.17) is 0 Å². The van der Waals surface area contributed by atoms with Crippen molar-refractivity contribution in [2.45, 2.75) is 18.3 Å². The first-order valence-corrected chi connectivity index (χ1v) is 12.4. The number of hydrogen-bond donors (Lipinski definition) is 0. The lowest BCUT2D eigenvalue weighted by Gasteiger charge is -2.46. The summed E-state index contributed by atoms with van der Waals surface area (Å²) in [6.45, 7) is 0. The number of hydrogen-bond acceptors (Lipinski definition) is 0. The highest BCUT2D eigenvalue weighted by molar-refractivity contribution is 9.11. The number of alkyl halides is 4. The first kappa shape index (κ1) is 17.4. The summed E-state index contributed by atoms with van der Waals surface area (Å²) in [7, 11) is 0. The molecule has 3 aliphatic rings. The van der Waals surface area contributed by atoms with E-state index in [1.165, 1.54) is 33.4 Å². The Morgan fingerprint density at radius 3 is 1.26 bits per heavy atom. The van der Waals surface area contributed by atoms with Gasteiger partial charge in [0.2, 0.25) is 0 Å². The van der Waals surface area contributed by atoms with Gasteiger partial charge in [-0.3, -0.25) is 0 Å². The summed E-state index contributed by atoms with van der Waals surface area (Å²) < 4.78 is -0.587. The molecule has 0 fully saturated rings. The molecular formula is C23H14Br4. The van der Waals surface area contributed by atoms with E-state index in [-0.39, 0.29) is 23.7 Å². The van der Waals surface area contributed by atoms with E-state index in [0.717, 1.165) is 0 Å². The fourth-order valence-corrected chi connectivity index (χ4v) is 13.4. The zero-order chi connectivity index (χ0) is 18.6. The quantitative estimate of drug-likeness (QED) is 0.228. The van der Waals surface area contributed by atoms with Gasteiger partial charge in [-0.2, -0.15) is 0 Å². The molecule has 0 N–H and O–H groups in total. The van der Waals surface area contributed by atoms with Crippen LogP contribution in [0.4, 0.5) is 0 Å². The molecule has 0 aromatic heterocycles. The van der Waals surface area contributed by atoms with Crippen LogP contribution in [0.3, 0.4) is 0 Å². The lowest BCUT2D eigenvalue weighted by molar-refractivity contribution is 0.242. The second-order valence-corrected chi connectivity index (χ2v) is 11.8. The highest BCUT2D eigenvalue weighted by atomic mass is 79.9. The van der Waals surface area contributed by atoms with Gasteiger partial charge in [0.15, 0.2) is 0 Å². The van der Waals surface area contributed by atoms with Gasteiger partial charge in [0.1, 0.15) is 0 Å². The van der Waals surface area contributed by atoms with Crippen molar-refractivity contribution in [2.24, 2.45) is 5.41 Å². The molecule has 3 aromatic carbocycles. The lowest BCUT2D eigenvalue weighted by Crippen LogP contribution is -2.45. The van der Waals surface area contributed by atoms with E-state index in [0.29, 0.717) is 0 Å². The van der Waals surface area contributed by atoms with E-state index in [2.05, 4.69) is 137 Å². The van der Waals surface area contributed by atoms with Crippen LogP contribution in [0.15, 0.2) is 72.8 Å². The van der Waals surface area contributed by atoms with E-state index in [1.807, 2.05) is 0 Å². The highest BCUT2D eigenvalue weighted by Gasteiger charge is 2.80. The van der Waals surface area contributed by atoms with Crippen LogP contribution in [0, 0.1) is 5.41 Å². The summed E-state index contributed by atoms with van der Waals surface area (Å²) in [6, 6.07) is 26.6. The Morgan fingerprint density at radius 2 is 0.852 bits per heavy atom. The maximum absolute atomic E-state index is 4.35. The second-order valence-electron chi connectivity index (χ2n) is 7.63. The maximum Gasteiger partial charge on any atom is 0.0865 e. The predicted octanol–water partition coefficient (Wildman–Crippen LogP) is 7.86. The maximum atomic E-state index is 4.35. The summed E-state index contributed by atoms with van der Waals surface area (Å²) in [5.41, 5.74) is 7.97. The summed E-state index contributed by atoms with van der Waals surface area (Å²) >= 11 is 17.1. The van der Waals surface area contributed by atoms with Crippen LogP contribution in [-0.4, -0.2) is 0 Å². The van der Waals surface area contributed by atoms with E-state index < -0.39 is 0 Å². The Labute approximate surface area is 192 Å². The molecule has 0 saturated heterocycles. The largest absolute Gasteiger partial charge is 0.0865 e. The van der Waals surface area contributed by atoms with Crippen LogP contribution in [0.2, 0.25) is 0 Å². The van der Waals surface area contributed by atoms with Crippen molar-refractivity contribution in [1.29, 1.82) is 0 Å². The molecule has 0 radical (unpaired) electrons. The second kappa shape index (κ2) is 5.38. The Morgan fingerprint density at radius 1 is 0.519 bits per heavy atom. The number of rotatable bonds is 0.